The summed E-state index contributed by atoms with van der Waals surface area (Å²) in [5.41, 5.74) is 13.5. The van der Waals surface area contributed by atoms with E-state index in [0.717, 1.165) is 72.3 Å². The number of benzene rings is 5. The molecule has 3 N–H and O–H groups in total. The highest BCUT2D eigenvalue weighted by atomic mass is 16.4. The van der Waals surface area contributed by atoms with Crippen LogP contribution >= 0.6 is 0 Å². The van der Waals surface area contributed by atoms with Crippen molar-refractivity contribution in [2.24, 2.45) is 0 Å². The maximum Gasteiger partial charge on any atom is 0.335 e. The van der Waals surface area contributed by atoms with E-state index in [0.29, 0.717) is 12.8 Å². The lowest BCUT2D eigenvalue weighted by molar-refractivity contribution is -0.138. The van der Waals surface area contributed by atoms with E-state index in [1.165, 1.54) is 0 Å². The molecule has 5 aromatic rings. The van der Waals surface area contributed by atoms with Crippen molar-refractivity contribution in [1.82, 2.24) is 0 Å². The van der Waals surface area contributed by atoms with Crippen LogP contribution in [0.1, 0.15) is 68.1 Å². The van der Waals surface area contributed by atoms with E-state index in [1.807, 2.05) is 48.5 Å². The molecule has 0 amide bonds. The van der Waals surface area contributed by atoms with Gasteiger partial charge in [0, 0.05) is 18.8 Å². The first-order valence-corrected chi connectivity index (χ1v) is 15.3. The molecule has 0 radical (unpaired) electrons. The number of carbonyl (C=O) groups is 3. The molecule has 0 aliphatic heterocycles. The molecular weight excluding hydrogens is 576 g/mol. The maximum absolute atomic E-state index is 11.8. The van der Waals surface area contributed by atoms with Crippen molar-refractivity contribution in [3.05, 3.63) is 154 Å². The number of fused-ring (bicyclic) bond motifs is 6. The van der Waals surface area contributed by atoms with Crippen LogP contribution in [0.25, 0.3) is 33.4 Å². The standard InChI is InChI=1S/C40H30O6/c41-35(42)19-11-23-9-17-29-30-18-10-24(12-20-36(43)44)22-34(30)39(33(29)21-23)37(25-13-15-26(16-14-25)40(45)46)38-31-7-3-1-5-27(31)28-6-2-4-8-32(28)38/h1-10,13-18,21-22,38H,11-12,19-20H2,(H,41,42)(H,43,44)(H,45,46). The van der Waals surface area contributed by atoms with Gasteiger partial charge in [-0.15, -0.1) is 0 Å². The Bertz CT molecular complexity index is 1970. The van der Waals surface area contributed by atoms with E-state index in [-0.39, 0.29) is 24.3 Å². The molecule has 2 aliphatic rings. The fraction of sp³-hybridized carbons (Fsp3) is 0.125. The number of aromatic carboxylic acids is 1. The van der Waals surface area contributed by atoms with E-state index >= 15 is 0 Å². The Kier molecular flexibility index (Phi) is 7.33. The highest BCUT2D eigenvalue weighted by molar-refractivity contribution is 6.13. The van der Waals surface area contributed by atoms with Gasteiger partial charge in [0.1, 0.15) is 0 Å². The Balaban J connectivity index is 1.56. The first-order chi connectivity index (χ1) is 22.3. The second kappa shape index (κ2) is 11.6. The molecule has 0 aromatic heterocycles. The largest absolute Gasteiger partial charge is 0.481 e. The predicted molar refractivity (Wildman–Crippen MR) is 177 cm³/mol. The predicted octanol–water partition coefficient (Wildman–Crippen LogP) is 8.17. The number of hydrogen-bond donors (Lipinski definition) is 3. The minimum absolute atomic E-state index is 0.0109. The molecule has 0 bridgehead atoms. The lowest BCUT2D eigenvalue weighted by Gasteiger charge is -2.23. The number of carboxylic acids is 3. The highest BCUT2D eigenvalue weighted by Gasteiger charge is 2.36. The van der Waals surface area contributed by atoms with Gasteiger partial charge in [-0.05, 0) is 97.3 Å². The molecule has 46 heavy (non-hydrogen) atoms. The molecule has 0 saturated carbocycles. The van der Waals surface area contributed by atoms with Crippen molar-refractivity contribution in [2.45, 2.75) is 31.6 Å². The first kappa shape index (κ1) is 29.0. The Morgan fingerprint density at radius 1 is 0.500 bits per heavy atom. The molecular formula is C40H30O6. The zero-order valence-electron chi connectivity index (χ0n) is 24.9. The van der Waals surface area contributed by atoms with E-state index in [4.69, 9.17) is 0 Å². The Morgan fingerprint density at radius 2 is 0.957 bits per heavy atom. The van der Waals surface area contributed by atoms with Crippen molar-refractivity contribution in [2.75, 3.05) is 0 Å². The Labute approximate surface area is 265 Å². The molecule has 5 aromatic carbocycles. The van der Waals surface area contributed by atoms with Gasteiger partial charge in [0.2, 0.25) is 0 Å². The van der Waals surface area contributed by atoms with Crippen molar-refractivity contribution in [1.29, 1.82) is 0 Å². The normalized spacial score (nSPS) is 12.7. The third-order valence-electron chi connectivity index (χ3n) is 9.09. The van der Waals surface area contributed by atoms with Crippen molar-refractivity contribution in [3.63, 3.8) is 0 Å². The van der Waals surface area contributed by atoms with Gasteiger partial charge in [0.15, 0.2) is 0 Å². The van der Waals surface area contributed by atoms with Gasteiger partial charge >= 0.3 is 17.9 Å². The zero-order chi connectivity index (χ0) is 31.9. The average molecular weight is 607 g/mol. The number of rotatable bonds is 9. The molecule has 6 nitrogen and oxygen atoms in total. The van der Waals surface area contributed by atoms with Crippen LogP contribution in [0.15, 0.2) is 109 Å². The van der Waals surface area contributed by atoms with Crippen LogP contribution in [0, 0.1) is 0 Å². The number of hydrogen-bond acceptors (Lipinski definition) is 3. The fourth-order valence-corrected chi connectivity index (χ4v) is 7.03. The Morgan fingerprint density at radius 3 is 1.41 bits per heavy atom. The number of aryl methyl sites for hydroxylation is 2. The molecule has 0 fully saturated rings. The van der Waals surface area contributed by atoms with Crippen molar-refractivity contribution >= 4 is 29.1 Å². The van der Waals surface area contributed by atoms with Gasteiger partial charge in [-0.3, -0.25) is 9.59 Å². The van der Waals surface area contributed by atoms with Gasteiger partial charge in [-0.1, -0.05) is 97.1 Å². The second-order valence-electron chi connectivity index (χ2n) is 11.8. The van der Waals surface area contributed by atoms with Crippen LogP contribution in [0.3, 0.4) is 0 Å². The average Bonchev–Trinajstić information content (AvgIpc) is 3.56. The van der Waals surface area contributed by atoms with Crippen LogP contribution < -0.4 is 0 Å². The van der Waals surface area contributed by atoms with Crippen molar-refractivity contribution in [3.8, 4) is 22.3 Å². The first-order valence-electron chi connectivity index (χ1n) is 15.3. The maximum atomic E-state index is 11.8. The minimum Gasteiger partial charge on any atom is -0.481 e. The topological polar surface area (TPSA) is 112 Å². The molecule has 0 heterocycles. The SMILES string of the molecule is O=C(O)CCc1ccc2c(c1)C(=C(c1ccc(C(=O)O)cc1)C1c3ccccc3-c3ccccc31)c1cc(CCC(=O)O)ccc1-2. The van der Waals surface area contributed by atoms with Gasteiger partial charge in [-0.25, -0.2) is 4.79 Å². The lowest BCUT2D eigenvalue weighted by Crippen LogP contribution is -2.06. The summed E-state index contributed by atoms with van der Waals surface area (Å²) in [5.74, 6) is -2.90. The molecule has 7 rings (SSSR count). The molecule has 0 spiro atoms. The van der Waals surface area contributed by atoms with Gasteiger partial charge < -0.3 is 15.3 Å². The summed E-state index contributed by atoms with van der Waals surface area (Å²) < 4.78 is 0. The van der Waals surface area contributed by atoms with Crippen LogP contribution in [-0.2, 0) is 22.4 Å². The minimum atomic E-state index is -1.000. The summed E-state index contributed by atoms with van der Waals surface area (Å²) >= 11 is 0. The van der Waals surface area contributed by atoms with Gasteiger partial charge in [0.25, 0.3) is 0 Å². The van der Waals surface area contributed by atoms with Gasteiger partial charge in [-0.2, -0.15) is 0 Å². The quantitative estimate of drug-likeness (QED) is 0.153. The molecule has 0 atom stereocenters. The second-order valence-corrected chi connectivity index (χ2v) is 11.8. The summed E-state index contributed by atoms with van der Waals surface area (Å²) in [7, 11) is 0. The number of allylic oxidation sites excluding steroid dienone is 1. The van der Waals surface area contributed by atoms with Crippen LogP contribution in [0.5, 0.6) is 0 Å². The summed E-state index contributed by atoms with van der Waals surface area (Å²) in [5, 5.41) is 28.5. The molecule has 2 aliphatic carbocycles. The highest BCUT2D eigenvalue weighted by Crippen LogP contribution is 2.56. The fourth-order valence-electron chi connectivity index (χ4n) is 7.03. The van der Waals surface area contributed by atoms with Crippen molar-refractivity contribution < 1.29 is 29.7 Å². The monoisotopic (exact) mass is 606 g/mol. The molecule has 0 unspecified atom stereocenters. The Hall–Kier alpha value is -5.75. The summed E-state index contributed by atoms with van der Waals surface area (Å²) in [4.78, 5) is 34.8. The summed E-state index contributed by atoms with van der Waals surface area (Å²) in [6.45, 7) is 0. The third kappa shape index (κ3) is 5.08. The summed E-state index contributed by atoms with van der Waals surface area (Å²) in [6, 6.07) is 36.0. The number of aliphatic carboxylic acids is 2. The summed E-state index contributed by atoms with van der Waals surface area (Å²) in [6.07, 6.45) is 0.787. The zero-order valence-corrected chi connectivity index (χ0v) is 24.9. The number of carboxylic acid groups (broad SMARTS) is 3. The molecule has 6 heteroatoms. The molecule has 0 saturated heterocycles. The lowest BCUT2D eigenvalue weighted by atomic mass is 9.79. The van der Waals surface area contributed by atoms with Gasteiger partial charge in [0.05, 0.1) is 5.56 Å². The van der Waals surface area contributed by atoms with Crippen LogP contribution in [0.4, 0.5) is 0 Å². The van der Waals surface area contributed by atoms with Crippen LogP contribution in [-0.4, -0.2) is 33.2 Å². The van der Waals surface area contributed by atoms with E-state index < -0.39 is 17.9 Å². The molecule has 226 valence electrons. The smallest absolute Gasteiger partial charge is 0.335 e. The third-order valence-corrected chi connectivity index (χ3v) is 9.09. The van der Waals surface area contributed by atoms with E-state index in [2.05, 4.69) is 48.5 Å². The van der Waals surface area contributed by atoms with E-state index in [9.17, 15) is 29.7 Å². The van der Waals surface area contributed by atoms with E-state index in [1.54, 1.807) is 12.1 Å². The van der Waals surface area contributed by atoms with Crippen LogP contribution in [0.2, 0.25) is 0 Å².